The molecule has 0 radical (unpaired) electrons. The van der Waals surface area contributed by atoms with Gasteiger partial charge in [-0.05, 0) is 51.2 Å². The van der Waals surface area contributed by atoms with Crippen LogP contribution in [0.3, 0.4) is 0 Å². The number of carbonyl (C=O) groups excluding carboxylic acids is 2. The van der Waals surface area contributed by atoms with Crippen molar-refractivity contribution in [2.45, 2.75) is 71.3 Å². The Morgan fingerprint density at radius 1 is 1.35 bits per heavy atom. The van der Waals surface area contributed by atoms with Crippen LogP contribution in [0.25, 0.3) is 0 Å². The molecular weight excluding hydrogens is 328 g/mol. The average molecular weight is 360 g/mol. The van der Waals surface area contributed by atoms with Crippen LogP contribution in [0.2, 0.25) is 0 Å². The van der Waals surface area contributed by atoms with Gasteiger partial charge >= 0.3 is 0 Å². The summed E-state index contributed by atoms with van der Waals surface area (Å²) in [6, 6.07) is 3.56. The highest BCUT2D eigenvalue weighted by molar-refractivity contribution is 5.92. The fraction of sp³-hybridized carbons (Fsp3) is 0.714. The quantitative estimate of drug-likeness (QED) is 0.835. The number of hydrogen-bond acceptors (Lipinski definition) is 3. The van der Waals surface area contributed by atoms with E-state index in [1.807, 2.05) is 45.7 Å². The van der Waals surface area contributed by atoms with Gasteiger partial charge < -0.3 is 14.6 Å². The Hall–Kier alpha value is -1.78. The number of likely N-dealkylation sites (N-methyl/N-ethyl adjacent to an activating group) is 1. The van der Waals surface area contributed by atoms with Crippen molar-refractivity contribution >= 4 is 11.8 Å². The zero-order valence-corrected chi connectivity index (χ0v) is 16.7. The molecule has 144 valence electrons. The summed E-state index contributed by atoms with van der Waals surface area (Å²) in [5.41, 5.74) is -0.623. The number of nitrogens with one attached hydrogen (secondary N) is 1. The van der Waals surface area contributed by atoms with Gasteiger partial charge in [0.2, 0.25) is 5.91 Å². The summed E-state index contributed by atoms with van der Waals surface area (Å²) in [6.45, 7) is 8.44. The van der Waals surface area contributed by atoms with Gasteiger partial charge in [0, 0.05) is 19.5 Å². The van der Waals surface area contributed by atoms with E-state index in [0.29, 0.717) is 18.2 Å². The van der Waals surface area contributed by atoms with E-state index in [2.05, 4.69) is 5.32 Å². The molecule has 2 aliphatic rings. The van der Waals surface area contributed by atoms with Gasteiger partial charge in [-0.3, -0.25) is 9.59 Å². The molecule has 2 amide bonds. The highest BCUT2D eigenvalue weighted by Gasteiger charge is 2.60. The Balaban J connectivity index is 1.59. The number of hydrogen-bond donors (Lipinski definition) is 1. The Morgan fingerprint density at radius 2 is 2.08 bits per heavy atom. The van der Waals surface area contributed by atoms with Gasteiger partial charge in [0.15, 0.2) is 5.76 Å². The molecule has 2 aliphatic carbocycles. The number of carbonyl (C=O) groups is 2. The average Bonchev–Trinajstić information content (AvgIpc) is 3.09. The lowest BCUT2D eigenvalue weighted by atomic mass is 9.87. The van der Waals surface area contributed by atoms with Crippen molar-refractivity contribution in [3.63, 3.8) is 0 Å². The molecule has 0 aromatic carbocycles. The number of furan rings is 1. The SMILES string of the molecule is CC(C)c1ccc(C(=O)NC(C)(C)CN(C)C(=O)C23CCCCC2C3)o1. The third kappa shape index (κ3) is 3.67. The first-order valence-corrected chi connectivity index (χ1v) is 9.82. The van der Waals surface area contributed by atoms with E-state index in [0.717, 1.165) is 25.0 Å². The second-order valence-corrected chi connectivity index (χ2v) is 9.16. The van der Waals surface area contributed by atoms with Crippen molar-refractivity contribution < 1.29 is 14.0 Å². The van der Waals surface area contributed by atoms with Gasteiger partial charge in [-0.15, -0.1) is 0 Å². The molecule has 2 atom stereocenters. The van der Waals surface area contributed by atoms with Gasteiger partial charge in [-0.1, -0.05) is 26.7 Å². The number of rotatable bonds is 6. The fourth-order valence-electron chi connectivity index (χ4n) is 4.50. The van der Waals surface area contributed by atoms with Crippen molar-refractivity contribution in [3.05, 3.63) is 23.7 Å². The van der Waals surface area contributed by atoms with Crippen LogP contribution in [0.1, 0.15) is 82.0 Å². The summed E-state index contributed by atoms with van der Waals surface area (Å²) in [5.74, 6) is 1.98. The Kier molecular flexibility index (Phi) is 4.93. The van der Waals surface area contributed by atoms with E-state index in [-0.39, 0.29) is 23.1 Å². The molecule has 26 heavy (non-hydrogen) atoms. The van der Waals surface area contributed by atoms with Gasteiger partial charge in [-0.2, -0.15) is 0 Å². The minimum absolute atomic E-state index is 0.0970. The van der Waals surface area contributed by atoms with Gasteiger partial charge in [0.1, 0.15) is 5.76 Å². The molecule has 1 heterocycles. The molecule has 0 saturated heterocycles. The van der Waals surface area contributed by atoms with E-state index < -0.39 is 5.54 Å². The van der Waals surface area contributed by atoms with Crippen molar-refractivity contribution in [3.8, 4) is 0 Å². The molecule has 5 heteroatoms. The lowest BCUT2D eigenvalue weighted by molar-refractivity contribution is -0.137. The maximum Gasteiger partial charge on any atom is 0.287 e. The fourth-order valence-corrected chi connectivity index (χ4v) is 4.50. The van der Waals surface area contributed by atoms with Crippen LogP contribution < -0.4 is 5.32 Å². The van der Waals surface area contributed by atoms with Gasteiger partial charge in [-0.25, -0.2) is 0 Å². The molecule has 1 aromatic heterocycles. The molecule has 5 nitrogen and oxygen atoms in total. The molecule has 0 bridgehead atoms. The van der Waals surface area contributed by atoms with Crippen LogP contribution in [0.4, 0.5) is 0 Å². The molecular formula is C21H32N2O3. The maximum absolute atomic E-state index is 13.0. The molecule has 3 rings (SSSR count). The van der Waals surface area contributed by atoms with E-state index in [1.54, 1.807) is 6.07 Å². The van der Waals surface area contributed by atoms with Crippen molar-refractivity contribution in [1.29, 1.82) is 0 Å². The maximum atomic E-state index is 13.0. The molecule has 1 N–H and O–H groups in total. The summed E-state index contributed by atoms with van der Waals surface area (Å²) in [5, 5.41) is 3.01. The first-order chi connectivity index (χ1) is 12.1. The summed E-state index contributed by atoms with van der Waals surface area (Å²) >= 11 is 0. The first kappa shape index (κ1) is 19.0. The molecule has 2 saturated carbocycles. The highest BCUT2D eigenvalue weighted by Crippen LogP contribution is 2.62. The molecule has 0 aliphatic heterocycles. The number of fused-ring (bicyclic) bond motifs is 1. The largest absolute Gasteiger partial charge is 0.456 e. The Bertz CT molecular complexity index is 691. The zero-order valence-electron chi connectivity index (χ0n) is 16.7. The first-order valence-electron chi connectivity index (χ1n) is 9.82. The topological polar surface area (TPSA) is 62.6 Å². The molecule has 0 spiro atoms. The lowest BCUT2D eigenvalue weighted by Gasteiger charge is -2.34. The summed E-state index contributed by atoms with van der Waals surface area (Å²) in [6.07, 6.45) is 5.68. The normalized spacial score (nSPS) is 24.9. The van der Waals surface area contributed by atoms with E-state index >= 15 is 0 Å². The number of amides is 2. The van der Waals surface area contributed by atoms with Crippen LogP contribution in [0.15, 0.2) is 16.5 Å². The molecule has 2 fully saturated rings. The second kappa shape index (κ2) is 6.75. The molecule has 2 unspecified atom stereocenters. The van der Waals surface area contributed by atoms with Crippen LogP contribution in [0.5, 0.6) is 0 Å². The Morgan fingerprint density at radius 3 is 2.69 bits per heavy atom. The van der Waals surface area contributed by atoms with E-state index in [4.69, 9.17) is 4.42 Å². The van der Waals surface area contributed by atoms with Gasteiger partial charge in [0.25, 0.3) is 5.91 Å². The monoisotopic (exact) mass is 360 g/mol. The summed E-state index contributed by atoms with van der Waals surface area (Å²) < 4.78 is 5.63. The number of nitrogens with zero attached hydrogens (tertiary/aromatic N) is 1. The third-order valence-corrected chi connectivity index (χ3v) is 5.93. The van der Waals surface area contributed by atoms with Crippen molar-refractivity contribution in [1.82, 2.24) is 10.2 Å². The predicted molar refractivity (Wildman–Crippen MR) is 101 cm³/mol. The summed E-state index contributed by atoms with van der Waals surface area (Å²) in [4.78, 5) is 27.3. The van der Waals surface area contributed by atoms with Crippen LogP contribution in [-0.2, 0) is 4.79 Å². The predicted octanol–water partition coefficient (Wildman–Crippen LogP) is 3.95. The van der Waals surface area contributed by atoms with Gasteiger partial charge in [0.05, 0.1) is 11.0 Å². The lowest BCUT2D eigenvalue weighted by Crippen LogP contribution is -2.53. The molecule has 1 aromatic rings. The zero-order chi connectivity index (χ0) is 19.1. The van der Waals surface area contributed by atoms with E-state index in [1.165, 1.54) is 12.8 Å². The van der Waals surface area contributed by atoms with Crippen LogP contribution >= 0.6 is 0 Å². The van der Waals surface area contributed by atoms with Crippen molar-refractivity contribution in [2.75, 3.05) is 13.6 Å². The smallest absolute Gasteiger partial charge is 0.287 e. The minimum Gasteiger partial charge on any atom is -0.456 e. The third-order valence-electron chi connectivity index (χ3n) is 5.93. The minimum atomic E-state index is -0.526. The van der Waals surface area contributed by atoms with Crippen LogP contribution in [-0.4, -0.2) is 35.8 Å². The van der Waals surface area contributed by atoms with E-state index in [9.17, 15) is 9.59 Å². The van der Waals surface area contributed by atoms with Crippen LogP contribution in [0, 0.1) is 11.3 Å². The second-order valence-electron chi connectivity index (χ2n) is 9.16. The highest BCUT2D eigenvalue weighted by atomic mass is 16.4. The Labute approximate surface area is 156 Å². The summed E-state index contributed by atoms with van der Waals surface area (Å²) in [7, 11) is 1.86. The van der Waals surface area contributed by atoms with Crippen molar-refractivity contribution in [2.24, 2.45) is 11.3 Å². The standard InChI is InChI=1S/C21H32N2O3/c1-14(2)16-9-10-17(26-16)18(24)22-20(3,4)13-23(5)19(25)21-11-7-6-8-15(21)12-21/h9-10,14-15H,6-8,11-13H2,1-5H3,(H,22,24).